The summed E-state index contributed by atoms with van der Waals surface area (Å²) in [4.78, 5) is 0. The zero-order valence-corrected chi connectivity index (χ0v) is 11.3. The Morgan fingerprint density at radius 2 is 2.22 bits per heavy atom. The van der Waals surface area contributed by atoms with Gasteiger partial charge in [0.25, 0.3) is 0 Å². The van der Waals surface area contributed by atoms with E-state index in [0.717, 1.165) is 22.7 Å². The molecular weight excluding hydrogens is 246 g/mol. The van der Waals surface area contributed by atoms with Gasteiger partial charge in [0.15, 0.2) is 10.6 Å². The summed E-state index contributed by atoms with van der Waals surface area (Å²) in [6.45, 7) is 2.03. The Labute approximate surface area is 111 Å². The molecule has 1 N–H and O–H groups in total. The molecule has 4 nitrogen and oxygen atoms in total. The van der Waals surface area contributed by atoms with Crippen molar-refractivity contribution in [1.82, 2.24) is 14.8 Å². The zero-order valence-electron chi connectivity index (χ0n) is 10.4. The van der Waals surface area contributed by atoms with Gasteiger partial charge in [-0.1, -0.05) is 12.1 Å². The van der Waals surface area contributed by atoms with E-state index in [-0.39, 0.29) is 0 Å². The summed E-state index contributed by atoms with van der Waals surface area (Å²) in [5, 5.41) is 7.23. The van der Waals surface area contributed by atoms with Crippen LogP contribution >= 0.6 is 12.2 Å². The smallest absolute Gasteiger partial charge is 0.195 e. The van der Waals surface area contributed by atoms with Gasteiger partial charge in [-0.2, -0.15) is 5.10 Å². The summed E-state index contributed by atoms with van der Waals surface area (Å²) in [5.74, 6) is 1.78. The first kappa shape index (κ1) is 11.5. The molecule has 1 aliphatic rings. The minimum atomic E-state index is 0.513. The predicted octanol–water partition coefficient (Wildman–Crippen LogP) is 3.26. The summed E-state index contributed by atoms with van der Waals surface area (Å²) in [7, 11) is 1.68. The van der Waals surface area contributed by atoms with Crippen LogP contribution in [-0.4, -0.2) is 21.9 Å². The van der Waals surface area contributed by atoms with Crippen LogP contribution in [0.2, 0.25) is 0 Å². The fraction of sp³-hybridized carbons (Fsp3) is 0.385. The van der Waals surface area contributed by atoms with Crippen molar-refractivity contribution < 1.29 is 4.74 Å². The van der Waals surface area contributed by atoms with Gasteiger partial charge in [0.2, 0.25) is 0 Å². The van der Waals surface area contributed by atoms with Gasteiger partial charge < -0.3 is 4.74 Å². The fourth-order valence-electron chi connectivity index (χ4n) is 2.14. The summed E-state index contributed by atoms with van der Waals surface area (Å²) in [6.07, 6.45) is 2.37. The van der Waals surface area contributed by atoms with Crippen molar-refractivity contribution in [3.8, 4) is 17.1 Å². The lowest BCUT2D eigenvalue weighted by atomic mass is 10.1. The maximum absolute atomic E-state index is 5.36. The molecule has 3 rings (SSSR count). The molecule has 0 amide bonds. The van der Waals surface area contributed by atoms with Crippen molar-refractivity contribution in [2.45, 2.75) is 25.8 Å². The third-order valence-electron chi connectivity index (χ3n) is 3.28. The minimum absolute atomic E-state index is 0.513. The number of rotatable bonds is 3. The highest BCUT2D eigenvalue weighted by Crippen LogP contribution is 2.38. The Balaban J connectivity index is 2.12. The van der Waals surface area contributed by atoms with Crippen LogP contribution in [0.5, 0.6) is 5.75 Å². The standard InChI is InChI=1S/C13H15N3OS/c1-8-3-4-9(7-11(8)17-2)12-14-15-13(18)16(12)10-5-6-10/h3-4,7,10H,5-6H2,1-2H3,(H,15,18). The first-order valence-corrected chi connectivity index (χ1v) is 6.43. The second-order valence-electron chi connectivity index (χ2n) is 4.64. The number of methoxy groups -OCH3 is 1. The third-order valence-corrected chi connectivity index (χ3v) is 3.57. The van der Waals surface area contributed by atoms with E-state index < -0.39 is 0 Å². The number of hydrogen-bond donors (Lipinski definition) is 1. The van der Waals surface area contributed by atoms with Crippen LogP contribution < -0.4 is 4.74 Å². The number of nitrogens with zero attached hydrogens (tertiary/aromatic N) is 2. The van der Waals surface area contributed by atoms with Gasteiger partial charge in [-0.15, -0.1) is 0 Å². The zero-order chi connectivity index (χ0) is 12.7. The topological polar surface area (TPSA) is 42.8 Å². The first-order valence-electron chi connectivity index (χ1n) is 6.02. The predicted molar refractivity (Wildman–Crippen MR) is 72.4 cm³/mol. The summed E-state index contributed by atoms with van der Waals surface area (Å²) < 4.78 is 8.17. The van der Waals surface area contributed by atoms with Crippen molar-refractivity contribution in [3.63, 3.8) is 0 Å². The van der Waals surface area contributed by atoms with Crippen molar-refractivity contribution in [1.29, 1.82) is 0 Å². The van der Waals surface area contributed by atoms with Crippen molar-refractivity contribution >= 4 is 12.2 Å². The molecule has 0 saturated heterocycles. The summed E-state index contributed by atoms with van der Waals surface area (Å²) in [6, 6.07) is 6.63. The number of ether oxygens (including phenoxy) is 1. The molecule has 5 heteroatoms. The molecule has 0 aliphatic heterocycles. The van der Waals surface area contributed by atoms with Crippen LogP contribution in [0.1, 0.15) is 24.4 Å². The highest BCUT2D eigenvalue weighted by Gasteiger charge is 2.27. The number of nitrogens with one attached hydrogen (secondary N) is 1. The average molecular weight is 261 g/mol. The number of aromatic nitrogens is 3. The van der Waals surface area contributed by atoms with Gasteiger partial charge in [0.1, 0.15) is 5.75 Å². The third kappa shape index (κ3) is 1.84. The molecule has 1 aromatic heterocycles. The van der Waals surface area contributed by atoms with Gasteiger partial charge >= 0.3 is 0 Å². The average Bonchev–Trinajstić information content (AvgIpc) is 3.13. The molecule has 1 fully saturated rings. The second kappa shape index (κ2) is 4.24. The monoisotopic (exact) mass is 261 g/mol. The Kier molecular flexibility index (Phi) is 2.70. The van der Waals surface area contributed by atoms with Crippen LogP contribution in [0.15, 0.2) is 18.2 Å². The lowest BCUT2D eigenvalue weighted by molar-refractivity contribution is 0.412. The quantitative estimate of drug-likeness (QED) is 0.862. The van der Waals surface area contributed by atoms with Crippen LogP contribution in [0.25, 0.3) is 11.4 Å². The molecule has 2 aromatic rings. The molecule has 1 heterocycles. The SMILES string of the molecule is COc1cc(-c2n[nH]c(=S)n2C2CC2)ccc1C. The number of hydrogen-bond acceptors (Lipinski definition) is 3. The first-order chi connectivity index (χ1) is 8.70. The van der Waals surface area contributed by atoms with E-state index in [4.69, 9.17) is 17.0 Å². The highest BCUT2D eigenvalue weighted by atomic mass is 32.1. The molecule has 1 saturated carbocycles. The fourth-order valence-corrected chi connectivity index (χ4v) is 2.42. The van der Waals surface area contributed by atoms with E-state index in [2.05, 4.69) is 20.8 Å². The van der Waals surface area contributed by atoms with E-state index in [1.807, 2.05) is 19.1 Å². The largest absolute Gasteiger partial charge is 0.496 e. The highest BCUT2D eigenvalue weighted by molar-refractivity contribution is 7.71. The molecule has 0 bridgehead atoms. The molecule has 0 atom stereocenters. The van der Waals surface area contributed by atoms with Crippen molar-refractivity contribution in [3.05, 3.63) is 28.5 Å². The molecule has 0 unspecified atom stereocenters. The van der Waals surface area contributed by atoms with Gasteiger partial charge in [0, 0.05) is 11.6 Å². The van der Waals surface area contributed by atoms with E-state index in [1.165, 1.54) is 12.8 Å². The van der Waals surface area contributed by atoms with Crippen LogP contribution in [0.3, 0.4) is 0 Å². The van der Waals surface area contributed by atoms with E-state index in [0.29, 0.717) is 10.8 Å². The molecule has 94 valence electrons. The lowest BCUT2D eigenvalue weighted by Gasteiger charge is -2.08. The van der Waals surface area contributed by atoms with E-state index in [9.17, 15) is 0 Å². The Hall–Kier alpha value is -1.62. The maximum Gasteiger partial charge on any atom is 0.195 e. The minimum Gasteiger partial charge on any atom is -0.496 e. The summed E-state index contributed by atoms with van der Waals surface area (Å²) >= 11 is 5.29. The van der Waals surface area contributed by atoms with Gasteiger partial charge in [0.05, 0.1) is 7.11 Å². The van der Waals surface area contributed by atoms with E-state index >= 15 is 0 Å². The number of H-pyrrole nitrogens is 1. The maximum atomic E-state index is 5.36. The molecule has 0 spiro atoms. The molecule has 1 aliphatic carbocycles. The van der Waals surface area contributed by atoms with Crippen molar-refractivity contribution in [2.24, 2.45) is 0 Å². The molecular formula is C13H15N3OS. The number of benzene rings is 1. The normalized spacial score (nSPS) is 14.8. The van der Waals surface area contributed by atoms with Crippen molar-refractivity contribution in [2.75, 3.05) is 7.11 Å². The second-order valence-corrected chi connectivity index (χ2v) is 5.02. The molecule has 1 aromatic carbocycles. The lowest BCUT2D eigenvalue weighted by Crippen LogP contribution is -1.98. The van der Waals surface area contributed by atoms with Gasteiger partial charge in [-0.3, -0.25) is 9.67 Å². The van der Waals surface area contributed by atoms with Gasteiger partial charge in [-0.25, -0.2) is 0 Å². The molecule has 18 heavy (non-hydrogen) atoms. The number of aromatic amines is 1. The molecule has 0 radical (unpaired) electrons. The van der Waals surface area contributed by atoms with E-state index in [1.54, 1.807) is 7.11 Å². The van der Waals surface area contributed by atoms with Gasteiger partial charge in [-0.05, 0) is 43.6 Å². The van der Waals surface area contributed by atoms with Crippen LogP contribution in [-0.2, 0) is 0 Å². The number of aryl methyl sites for hydroxylation is 1. The Morgan fingerprint density at radius 1 is 1.44 bits per heavy atom. The van der Waals surface area contributed by atoms with Crippen LogP contribution in [0, 0.1) is 11.7 Å². The summed E-state index contributed by atoms with van der Waals surface area (Å²) in [5.41, 5.74) is 2.16. The Bertz CT molecular complexity index is 640. The Morgan fingerprint density at radius 3 is 2.89 bits per heavy atom. The van der Waals surface area contributed by atoms with Crippen LogP contribution in [0.4, 0.5) is 0 Å².